The Balaban J connectivity index is 2.20. The maximum Gasteiger partial charge on any atom is 0.283 e. The van der Waals surface area contributed by atoms with Crippen molar-refractivity contribution < 1.29 is 4.92 Å². The zero-order valence-electron chi connectivity index (χ0n) is 10.6. The van der Waals surface area contributed by atoms with Gasteiger partial charge in [0.15, 0.2) is 0 Å². The second-order valence-corrected chi connectivity index (χ2v) is 6.02. The van der Waals surface area contributed by atoms with Crippen molar-refractivity contribution >= 4 is 43.2 Å². The summed E-state index contributed by atoms with van der Waals surface area (Å²) in [5, 5.41) is 14.1. The van der Waals surface area contributed by atoms with Gasteiger partial charge in [0.05, 0.1) is 9.40 Å². The molecule has 0 amide bonds. The minimum atomic E-state index is -0.412. The fourth-order valence-corrected chi connectivity index (χ4v) is 3.05. The highest BCUT2D eigenvalue weighted by molar-refractivity contribution is 9.10. The Morgan fingerprint density at radius 3 is 2.45 bits per heavy atom. The first-order valence-corrected chi connectivity index (χ1v) is 7.52. The van der Waals surface area contributed by atoms with Crippen molar-refractivity contribution in [2.45, 2.75) is 13.0 Å². The Morgan fingerprint density at radius 1 is 1.15 bits per heavy atom. The molecule has 0 radical (unpaired) electrons. The van der Waals surface area contributed by atoms with Gasteiger partial charge in [-0.05, 0) is 46.6 Å². The van der Waals surface area contributed by atoms with E-state index < -0.39 is 4.92 Å². The molecule has 6 heteroatoms. The first-order chi connectivity index (χ1) is 9.49. The second-order valence-electron chi connectivity index (χ2n) is 4.31. The number of hydrogen-bond acceptors (Lipinski definition) is 3. The molecule has 0 aliphatic heterocycles. The van der Waals surface area contributed by atoms with Crippen molar-refractivity contribution in [1.29, 1.82) is 0 Å². The topological polar surface area (TPSA) is 55.2 Å². The van der Waals surface area contributed by atoms with Gasteiger partial charge in [-0.3, -0.25) is 10.1 Å². The highest BCUT2D eigenvalue weighted by Gasteiger charge is 2.13. The standard InChI is InChI=1S/C14H12Br2N2O2/c1-9(11-4-2-3-5-12(11)15)17-10-6-7-14(18(19)20)13(16)8-10/h2-9,17H,1H3. The average molecular weight is 400 g/mol. The molecule has 0 saturated carbocycles. The minimum absolute atomic E-state index is 0.0593. The van der Waals surface area contributed by atoms with Gasteiger partial charge in [-0.15, -0.1) is 0 Å². The minimum Gasteiger partial charge on any atom is -0.378 e. The van der Waals surface area contributed by atoms with Gasteiger partial charge in [-0.25, -0.2) is 0 Å². The zero-order chi connectivity index (χ0) is 14.7. The van der Waals surface area contributed by atoms with Crippen molar-refractivity contribution in [3.8, 4) is 0 Å². The summed E-state index contributed by atoms with van der Waals surface area (Å²) in [6, 6.07) is 12.9. The summed E-state index contributed by atoms with van der Waals surface area (Å²) >= 11 is 6.73. The van der Waals surface area contributed by atoms with E-state index in [-0.39, 0.29) is 11.7 Å². The van der Waals surface area contributed by atoms with Gasteiger partial charge in [-0.2, -0.15) is 0 Å². The Morgan fingerprint density at radius 2 is 1.85 bits per heavy atom. The molecule has 4 nitrogen and oxygen atoms in total. The van der Waals surface area contributed by atoms with Gasteiger partial charge in [0.2, 0.25) is 0 Å². The highest BCUT2D eigenvalue weighted by atomic mass is 79.9. The molecule has 0 bridgehead atoms. The molecule has 2 aromatic rings. The molecule has 1 atom stereocenters. The van der Waals surface area contributed by atoms with E-state index in [1.54, 1.807) is 12.1 Å². The van der Waals surface area contributed by atoms with Crippen LogP contribution >= 0.6 is 31.9 Å². The molecule has 1 unspecified atom stereocenters. The third-order valence-corrected chi connectivity index (χ3v) is 4.26. The van der Waals surface area contributed by atoms with Gasteiger partial charge in [-0.1, -0.05) is 34.1 Å². The first-order valence-electron chi connectivity index (χ1n) is 5.94. The number of nitro groups is 1. The molecule has 104 valence electrons. The van der Waals surface area contributed by atoms with Crippen LogP contribution in [0, 0.1) is 10.1 Å². The lowest BCUT2D eigenvalue weighted by Crippen LogP contribution is -2.07. The normalized spacial score (nSPS) is 11.9. The molecule has 0 saturated heterocycles. The van der Waals surface area contributed by atoms with Gasteiger partial charge < -0.3 is 5.32 Å². The highest BCUT2D eigenvalue weighted by Crippen LogP contribution is 2.31. The molecule has 0 heterocycles. The van der Waals surface area contributed by atoms with E-state index in [1.165, 1.54) is 6.07 Å². The second kappa shape index (κ2) is 6.37. The largest absolute Gasteiger partial charge is 0.378 e. The molecule has 0 spiro atoms. The lowest BCUT2D eigenvalue weighted by Gasteiger charge is -2.17. The van der Waals surface area contributed by atoms with Gasteiger partial charge >= 0.3 is 0 Å². The number of rotatable bonds is 4. The lowest BCUT2D eigenvalue weighted by molar-refractivity contribution is -0.385. The molecule has 1 N–H and O–H groups in total. The summed E-state index contributed by atoms with van der Waals surface area (Å²) in [5.74, 6) is 0. The van der Waals surface area contributed by atoms with E-state index in [2.05, 4.69) is 37.2 Å². The quantitative estimate of drug-likeness (QED) is 0.561. The van der Waals surface area contributed by atoms with E-state index in [4.69, 9.17) is 0 Å². The molecule has 0 aliphatic carbocycles. The Kier molecular flexibility index (Phi) is 4.77. The van der Waals surface area contributed by atoms with Crippen molar-refractivity contribution in [3.63, 3.8) is 0 Å². The van der Waals surface area contributed by atoms with E-state index in [9.17, 15) is 10.1 Å². The lowest BCUT2D eigenvalue weighted by atomic mass is 10.1. The number of hydrogen-bond donors (Lipinski definition) is 1. The van der Waals surface area contributed by atoms with Crippen LogP contribution in [0.5, 0.6) is 0 Å². The third kappa shape index (κ3) is 3.37. The van der Waals surface area contributed by atoms with Gasteiger partial charge in [0.1, 0.15) is 0 Å². The summed E-state index contributed by atoms with van der Waals surface area (Å²) in [6.07, 6.45) is 0. The third-order valence-electron chi connectivity index (χ3n) is 2.90. The number of benzene rings is 2. The predicted molar refractivity (Wildman–Crippen MR) is 87.0 cm³/mol. The van der Waals surface area contributed by atoms with Crippen LogP contribution < -0.4 is 5.32 Å². The van der Waals surface area contributed by atoms with Crippen LogP contribution in [0.15, 0.2) is 51.4 Å². The van der Waals surface area contributed by atoms with E-state index in [0.29, 0.717) is 4.47 Å². The number of halogens is 2. The van der Waals surface area contributed by atoms with Crippen LogP contribution in [0.2, 0.25) is 0 Å². The van der Waals surface area contributed by atoms with E-state index in [1.807, 2.05) is 31.2 Å². The van der Waals surface area contributed by atoms with Crippen LogP contribution in [0.3, 0.4) is 0 Å². The summed E-state index contributed by atoms with van der Waals surface area (Å²) < 4.78 is 1.49. The predicted octanol–water partition coefficient (Wildman–Crippen LogP) is 5.29. The SMILES string of the molecule is CC(Nc1ccc([N+](=O)[O-])c(Br)c1)c1ccccc1Br. The molecule has 0 fully saturated rings. The molecular weight excluding hydrogens is 388 g/mol. The summed E-state index contributed by atoms with van der Waals surface area (Å²) in [5.41, 5.74) is 2.01. The van der Waals surface area contributed by atoms with Gasteiger partial charge in [0.25, 0.3) is 5.69 Å². The zero-order valence-corrected chi connectivity index (χ0v) is 13.8. The summed E-state index contributed by atoms with van der Waals surface area (Å²) in [6.45, 7) is 2.04. The van der Waals surface area contributed by atoms with Crippen LogP contribution in [0.25, 0.3) is 0 Å². The number of anilines is 1. The Labute approximate surface area is 133 Å². The fourth-order valence-electron chi connectivity index (χ4n) is 1.90. The van der Waals surface area contributed by atoms with E-state index in [0.717, 1.165) is 15.7 Å². The molecule has 0 aliphatic rings. The molecular formula is C14H12Br2N2O2. The van der Waals surface area contributed by atoms with Crippen molar-refractivity contribution in [1.82, 2.24) is 0 Å². The van der Waals surface area contributed by atoms with Crippen molar-refractivity contribution in [2.75, 3.05) is 5.32 Å². The Hall–Kier alpha value is -1.40. The number of nitrogens with one attached hydrogen (secondary N) is 1. The van der Waals surface area contributed by atoms with Crippen LogP contribution in [-0.2, 0) is 0 Å². The molecule has 2 rings (SSSR count). The summed E-state index contributed by atoms with van der Waals surface area (Å²) in [7, 11) is 0. The maximum absolute atomic E-state index is 10.8. The molecule has 2 aromatic carbocycles. The smallest absolute Gasteiger partial charge is 0.283 e. The number of nitrogens with zero attached hydrogens (tertiary/aromatic N) is 1. The van der Waals surface area contributed by atoms with Crippen LogP contribution in [0.4, 0.5) is 11.4 Å². The average Bonchev–Trinajstić information content (AvgIpc) is 2.38. The molecule has 20 heavy (non-hydrogen) atoms. The number of nitro benzene ring substituents is 1. The van der Waals surface area contributed by atoms with Crippen LogP contribution in [0.1, 0.15) is 18.5 Å². The van der Waals surface area contributed by atoms with Gasteiger partial charge in [0, 0.05) is 22.3 Å². The van der Waals surface area contributed by atoms with Crippen molar-refractivity contribution in [3.05, 3.63) is 67.1 Å². The van der Waals surface area contributed by atoms with Crippen molar-refractivity contribution in [2.24, 2.45) is 0 Å². The molecule has 0 aromatic heterocycles. The first kappa shape index (κ1) is 15.0. The Bertz CT molecular complexity index is 647. The monoisotopic (exact) mass is 398 g/mol. The maximum atomic E-state index is 10.8. The van der Waals surface area contributed by atoms with Crippen LogP contribution in [-0.4, -0.2) is 4.92 Å². The fraction of sp³-hybridized carbons (Fsp3) is 0.143. The summed E-state index contributed by atoms with van der Waals surface area (Å²) in [4.78, 5) is 10.4. The van der Waals surface area contributed by atoms with E-state index >= 15 is 0 Å².